The minimum absolute atomic E-state index is 0.153. The Hall–Kier alpha value is -2.26. The lowest BCUT2D eigenvalue weighted by Crippen LogP contribution is -2.30. The second-order valence-corrected chi connectivity index (χ2v) is 8.19. The highest BCUT2D eigenvalue weighted by Crippen LogP contribution is 2.29. The number of nitrogens with zero attached hydrogens (tertiary/aromatic N) is 1. The van der Waals surface area contributed by atoms with E-state index in [2.05, 4.69) is 10.5 Å². The topological polar surface area (TPSA) is 70.6 Å². The lowest BCUT2D eigenvalue weighted by molar-refractivity contribution is -0.0429. The van der Waals surface area contributed by atoms with Crippen LogP contribution in [-0.4, -0.2) is 19.6 Å². The molecule has 152 valence electrons. The molecule has 0 bridgehead atoms. The lowest BCUT2D eigenvalue weighted by atomic mass is 10.1. The van der Waals surface area contributed by atoms with Crippen molar-refractivity contribution in [2.45, 2.75) is 32.7 Å². The van der Waals surface area contributed by atoms with Crippen LogP contribution in [0.25, 0.3) is 0 Å². The summed E-state index contributed by atoms with van der Waals surface area (Å²) in [7, 11) is -5.57. The zero-order valence-electron chi connectivity index (χ0n) is 15.4. The van der Waals surface area contributed by atoms with Gasteiger partial charge < -0.3 is 0 Å². The highest BCUT2D eigenvalue weighted by atomic mass is 35.5. The Morgan fingerprint density at radius 3 is 2.32 bits per heavy atom. The maximum atomic E-state index is 12.7. The van der Waals surface area contributed by atoms with Gasteiger partial charge in [-0.05, 0) is 50.1 Å². The number of hydrazone groups is 1. The molecule has 0 amide bonds. The van der Waals surface area contributed by atoms with Gasteiger partial charge in [0, 0.05) is 10.6 Å². The highest BCUT2D eigenvalue weighted by molar-refractivity contribution is 7.93. The van der Waals surface area contributed by atoms with Gasteiger partial charge in [0.05, 0.1) is 17.1 Å². The van der Waals surface area contributed by atoms with Crippen LogP contribution in [0.1, 0.15) is 30.0 Å². The van der Waals surface area contributed by atoms with Crippen LogP contribution in [0.15, 0.2) is 41.5 Å². The summed E-state index contributed by atoms with van der Waals surface area (Å²) in [5.41, 5.74) is 0.387. The Morgan fingerprint density at radius 2 is 1.75 bits per heavy atom. The molecule has 28 heavy (non-hydrogen) atoms. The average molecular weight is 434 g/mol. The minimum atomic E-state index is -5.57. The van der Waals surface area contributed by atoms with Gasteiger partial charge in [-0.2, -0.15) is 26.7 Å². The van der Waals surface area contributed by atoms with Gasteiger partial charge in [-0.1, -0.05) is 36.2 Å². The number of halogens is 4. The molecule has 10 heteroatoms. The standard InChI is InChI=1S/C18H19ClF3N3O2S/c1-4-15(23-24-16-7-5-11(2)9-12(16)3)14-10-13(19)6-8-17(14)25-28(26,27)18(20,21)22/h5-10,24-25H,4H2,1-3H3/b23-15+. The summed E-state index contributed by atoms with van der Waals surface area (Å²) in [6, 6.07) is 9.49. The van der Waals surface area contributed by atoms with Gasteiger partial charge in [-0.3, -0.25) is 10.1 Å². The smallest absolute Gasteiger partial charge is 0.278 e. The summed E-state index contributed by atoms with van der Waals surface area (Å²) in [5.74, 6) is 0. The van der Waals surface area contributed by atoms with Crippen LogP contribution < -0.4 is 10.1 Å². The molecule has 0 aliphatic heterocycles. The highest BCUT2D eigenvalue weighted by Gasteiger charge is 2.46. The van der Waals surface area contributed by atoms with E-state index < -0.39 is 15.5 Å². The number of hydrogen-bond acceptors (Lipinski definition) is 4. The van der Waals surface area contributed by atoms with Crippen molar-refractivity contribution >= 4 is 38.7 Å². The molecular weight excluding hydrogens is 415 g/mol. The number of rotatable bonds is 6. The van der Waals surface area contributed by atoms with Gasteiger partial charge >= 0.3 is 15.5 Å². The third-order valence-corrected chi connectivity index (χ3v) is 5.20. The van der Waals surface area contributed by atoms with E-state index in [1.807, 2.05) is 32.0 Å². The first-order valence-corrected chi connectivity index (χ1v) is 10.1. The zero-order chi connectivity index (χ0) is 21.1. The average Bonchev–Trinajstić information content (AvgIpc) is 2.58. The Balaban J connectivity index is 2.44. The summed E-state index contributed by atoms with van der Waals surface area (Å²) in [6.07, 6.45) is 0.318. The molecule has 0 aliphatic carbocycles. The number of alkyl halides is 3. The van der Waals surface area contributed by atoms with Crippen molar-refractivity contribution in [1.29, 1.82) is 0 Å². The molecule has 2 rings (SSSR count). The number of benzene rings is 2. The summed E-state index contributed by atoms with van der Waals surface area (Å²) in [6.45, 7) is 5.58. The monoisotopic (exact) mass is 433 g/mol. The molecule has 0 aromatic heterocycles. The van der Waals surface area contributed by atoms with Gasteiger partial charge in [0.25, 0.3) is 0 Å². The van der Waals surface area contributed by atoms with Gasteiger partial charge in [0.15, 0.2) is 0 Å². The van der Waals surface area contributed by atoms with Crippen LogP contribution >= 0.6 is 11.6 Å². The maximum Gasteiger partial charge on any atom is 0.516 e. The maximum absolute atomic E-state index is 12.7. The van der Waals surface area contributed by atoms with E-state index in [-0.39, 0.29) is 16.3 Å². The van der Waals surface area contributed by atoms with Crippen molar-refractivity contribution in [3.63, 3.8) is 0 Å². The van der Waals surface area contributed by atoms with Crippen molar-refractivity contribution in [3.05, 3.63) is 58.1 Å². The third kappa shape index (κ3) is 5.17. The number of nitrogens with one attached hydrogen (secondary N) is 2. The predicted molar refractivity (Wildman–Crippen MR) is 106 cm³/mol. The minimum Gasteiger partial charge on any atom is -0.278 e. The van der Waals surface area contributed by atoms with Gasteiger partial charge in [0.2, 0.25) is 0 Å². The molecule has 0 atom stereocenters. The largest absolute Gasteiger partial charge is 0.516 e. The Labute approximate surface area is 166 Å². The van der Waals surface area contributed by atoms with E-state index in [1.54, 1.807) is 11.6 Å². The lowest BCUT2D eigenvalue weighted by Gasteiger charge is -2.16. The molecule has 5 nitrogen and oxygen atoms in total. The van der Waals surface area contributed by atoms with Crippen LogP contribution in [0.5, 0.6) is 0 Å². The van der Waals surface area contributed by atoms with E-state index in [0.29, 0.717) is 12.1 Å². The molecule has 2 aromatic carbocycles. The molecular formula is C18H19ClF3N3O2S. The first-order valence-electron chi connectivity index (χ1n) is 8.23. The SMILES string of the molecule is CC/C(=N\Nc1ccc(C)cc1C)c1cc(Cl)ccc1NS(=O)(=O)C(F)(F)F. The number of hydrogen-bond donors (Lipinski definition) is 2. The van der Waals surface area contributed by atoms with Crippen LogP contribution in [0, 0.1) is 13.8 Å². The van der Waals surface area contributed by atoms with Crippen LogP contribution in [0.4, 0.5) is 24.5 Å². The summed E-state index contributed by atoms with van der Waals surface area (Å²) in [5, 5.41) is 4.49. The molecule has 0 unspecified atom stereocenters. The molecule has 0 radical (unpaired) electrons. The second kappa shape index (κ2) is 8.40. The van der Waals surface area contributed by atoms with Crippen molar-refractivity contribution in [2.75, 3.05) is 10.1 Å². The third-order valence-electron chi connectivity index (χ3n) is 3.87. The fourth-order valence-electron chi connectivity index (χ4n) is 2.44. The van der Waals surface area contributed by atoms with Gasteiger partial charge in [0.1, 0.15) is 0 Å². The van der Waals surface area contributed by atoms with E-state index >= 15 is 0 Å². The molecule has 0 saturated carbocycles. The quantitative estimate of drug-likeness (QED) is 0.470. The summed E-state index contributed by atoms with van der Waals surface area (Å²) < 4.78 is 62.8. The van der Waals surface area contributed by atoms with E-state index in [1.165, 1.54) is 18.2 Å². The number of aryl methyl sites for hydroxylation is 2. The second-order valence-electron chi connectivity index (χ2n) is 6.08. The summed E-state index contributed by atoms with van der Waals surface area (Å²) >= 11 is 5.96. The van der Waals surface area contributed by atoms with Crippen LogP contribution in [0.3, 0.4) is 0 Å². The molecule has 0 spiro atoms. The zero-order valence-corrected chi connectivity index (χ0v) is 16.9. The summed E-state index contributed by atoms with van der Waals surface area (Å²) in [4.78, 5) is 0. The van der Waals surface area contributed by atoms with Crippen molar-refractivity contribution < 1.29 is 21.6 Å². The Kier molecular flexibility index (Phi) is 6.61. The normalized spacial score (nSPS) is 12.8. The number of sulfonamides is 1. The molecule has 0 heterocycles. The van der Waals surface area contributed by atoms with Crippen molar-refractivity contribution in [1.82, 2.24) is 0 Å². The fraction of sp³-hybridized carbons (Fsp3) is 0.278. The van der Waals surface area contributed by atoms with Gasteiger partial charge in [-0.15, -0.1) is 0 Å². The molecule has 0 aliphatic rings. The van der Waals surface area contributed by atoms with E-state index in [4.69, 9.17) is 11.6 Å². The molecule has 2 N–H and O–H groups in total. The van der Waals surface area contributed by atoms with Crippen molar-refractivity contribution in [2.24, 2.45) is 5.10 Å². The molecule has 0 fully saturated rings. The molecule has 2 aromatic rings. The van der Waals surface area contributed by atoms with E-state index in [0.717, 1.165) is 16.8 Å². The first-order chi connectivity index (χ1) is 12.9. The Bertz CT molecular complexity index is 1010. The predicted octanol–water partition coefficient (Wildman–Crippen LogP) is 5.44. The fourth-order valence-corrected chi connectivity index (χ4v) is 3.20. The number of anilines is 2. The van der Waals surface area contributed by atoms with Crippen molar-refractivity contribution in [3.8, 4) is 0 Å². The van der Waals surface area contributed by atoms with E-state index in [9.17, 15) is 21.6 Å². The van der Waals surface area contributed by atoms with Crippen LogP contribution in [-0.2, 0) is 10.0 Å². The molecule has 0 saturated heterocycles. The Morgan fingerprint density at radius 1 is 1.11 bits per heavy atom. The van der Waals surface area contributed by atoms with Gasteiger partial charge in [-0.25, -0.2) is 0 Å². The van der Waals surface area contributed by atoms with Crippen LogP contribution in [0.2, 0.25) is 5.02 Å². The first kappa shape index (κ1) is 22.0.